The molecular weight excluding hydrogens is 1520 g/mol. The molecule has 578 valence electrons. The van der Waals surface area contributed by atoms with Crippen molar-refractivity contribution < 1.29 is 0 Å². The molecule has 0 atom stereocenters. The average molecular weight is 1590 g/mol. The van der Waals surface area contributed by atoms with Crippen molar-refractivity contribution in [2.24, 2.45) is 0 Å². The van der Waals surface area contributed by atoms with Crippen molar-refractivity contribution in [3.05, 3.63) is 419 Å². The Morgan fingerprint density at radius 1 is 0.177 bits per heavy atom. The van der Waals surface area contributed by atoms with Crippen molar-refractivity contribution in [3.63, 3.8) is 0 Å². The molecule has 124 heavy (non-hydrogen) atoms. The first-order valence-corrected chi connectivity index (χ1v) is 41.4. The molecule has 0 amide bonds. The number of benzene rings is 16. The van der Waals surface area contributed by atoms with E-state index in [0.717, 1.165) is 134 Å². The predicted octanol–water partition coefficient (Wildman–Crippen LogP) is 23.9. The minimum absolute atomic E-state index is 0.00524. The van der Waals surface area contributed by atoms with Gasteiger partial charge in [0.25, 0.3) is 6.71 Å². The van der Waals surface area contributed by atoms with Gasteiger partial charge in [0.05, 0.1) is 28.1 Å². The lowest BCUT2D eigenvalue weighted by atomic mass is 9.33. The van der Waals surface area contributed by atoms with E-state index in [1.165, 1.54) is 22.1 Å². The fourth-order valence-electron chi connectivity index (χ4n) is 17.5. The number of rotatable bonds is 16. The molecular formula is C109H69BN14. The maximum atomic E-state index is 5.76. The van der Waals surface area contributed by atoms with Gasteiger partial charge < -0.3 is 14.4 Å². The zero-order chi connectivity index (χ0) is 82.0. The quantitative estimate of drug-likeness (QED) is 0.0844. The molecule has 14 nitrogen and oxygen atoms in total. The first kappa shape index (κ1) is 72.3. The summed E-state index contributed by atoms with van der Waals surface area (Å²) in [6.45, 7) is 0.00524. The van der Waals surface area contributed by atoms with Crippen LogP contribution in [0.4, 0.5) is 34.1 Å². The van der Waals surface area contributed by atoms with Gasteiger partial charge in [-0.3, -0.25) is 0 Å². The van der Waals surface area contributed by atoms with E-state index in [9.17, 15) is 0 Å². The van der Waals surface area contributed by atoms with Crippen LogP contribution in [0.15, 0.2) is 419 Å². The molecule has 0 bridgehead atoms. The van der Waals surface area contributed by atoms with Gasteiger partial charge in [0, 0.05) is 112 Å². The number of para-hydroxylation sites is 3. The molecule has 7 heterocycles. The van der Waals surface area contributed by atoms with Gasteiger partial charge in [-0.05, 0) is 137 Å². The Labute approximate surface area is 715 Å². The molecule has 0 unspecified atom stereocenters. The van der Waals surface area contributed by atoms with Gasteiger partial charge >= 0.3 is 0 Å². The summed E-state index contributed by atoms with van der Waals surface area (Å²) in [5.41, 5.74) is 26.5. The maximum Gasteiger partial charge on any atom is 0.252 e. The van der Waals surface area contributed by atoms with E-state index in [0.29, 0.717) is 69.5 Å². The molecule has 0 fully saturated rings. The van der Waals surface area contributed by atoms with Crippen molar-refractivity contribution in [1.82, 2.24) is 59.4 Å². The van der Waals surface area contributed by atoms with Crippen LogP contribution < -0.4 is 26.2 Å². The van der Waals surface area contributed by atoms with E-state index in [2.05, 4.69) is 257 Å². The van der Waals surface area contributed by atoms with E-state index in [4.69, 9.17) is 54.8 Å². The fraction of sp³-hybridized carbons (Fsp3) is 0. The molecule has 2 aliphatic heterocycles. The third-order valence-electron chi connectivity index (χ3n) is 23.3. The first-order chi connectivity index (χ1) is 61.4. The van der Waals surface area contributed by atoms with Gasteiger partial charge in [0.2, 0.25) is 0 Å². The van der Waals surface area contributed by atoms with Crippen molar-refractivity contribution in [1.29, 1.82) is 0 Å². The van der Waals surface area contributed by atoms with Gasteiger partial charge in [0.15, 0.2) is 58.2 Å². The summed E-state index contributed by atoms with van der Waals surface area (Å²) in [5, 5.41) is 1.81. The minimum Gasteiger partial charge on any atom is -0.311 e. The van der Waals surface area contributed by atoms with E-state index in [-0.39, 0.29) is 6.71 Å². The highest BCUT2D eigenvalue weighted by molar-refractivity contribution is 7.00. The molecule has 0 radical (unpaired) electrons. The Balaban J connectivity index is 0.730. The van der Waals surface area contributed by atoms with Gasteiger partial charge in [0.1, 0.15) is 0 Å². The Bertz CT molecular complexity index is 7320. The standard InChI is InChI=1S/C109H69BN14/c1-9-32-70(33-10-1)90-69-91(112-100(111-90)71-34-11-2-12-35-71)79-58-61-94(124-92-62-59-81(107-115-101(72-36-13-3-14-37-72)113-102(116-107)73-38-15-4-16-39-73)67-85(92)86-68-82(60-63-93(86)124)108-117-103(74-40-17-5-18-41-74)114-104(118-108)75-42-19-6-20-43-75)87(66-79)109-120-105(76-44-21-7-22-45-76)119-106(121-109)80-48-29-46-77(64-80)78-47-30-51-84(65-78)123-96-55-28-26-53-89(96)110-88-52-25-27-54-95(88)122(83-49-23-8-24-50-83)97-56-31-57-98(123)99(97)110/h1-69H. The molecule has 0 spiro atoms. The smallest absolute Gasteiger partial charge is 0.252 e. The van der Waals surface area contributed by atoms with Crippen LogP contribution in [0.3, 0.4) is 0 Å². The van der Waals surface area contributed by atoms with E-state index >= 15 is 0 Å². The summed E-state index contributed by atoms with van der Waals surface area (Å²) >= 11 is 0. The van der Waals surface area contributed by atoms with Crippen molar-refractivity contribution in [2.45, 2.75) is 0 Å². The summed E-state index contributed by atoms with van der Waals surface area (Å²) in [6, 6.07) is 145. The minimum atomic E-state index is 0.00524. The lowest BCUT2D eigenvalue weighted by molar-refractivity contribution is 1.06. The summed E-state index contributed by atoms with van der Waals surface area (Å²) in [7, 11) is 0. The van der Waals surface area contributed by atoms with Gasteiger partial charge in [-0.25, -0.2) is 54.8 Å². The first-order valence-electron chi connectivity index (χ1n) is 41.4. The average Bonchev–Trinajstić information content (AvgIpc) is 0.856. The molecule has 15 heteroatoms. The molecule has 0 saturated carbocycles. The number of nitrogens with zero attached hydrogens (tertiary/aromatic N) is 14. The molecule has 16 aromatic carbocycles. The second kappa shape index (κ2) is 30.8. The van der Waals surface area contributed by atoms with Crippen LogP contribution in [0.25, 0.3) is 175 Å². The Morgan fingerprint density at radius 2 is 0.484 bits per heavy atom. The number of hydrogen-bond acceptors (Lipinski definition) is 13. The molecule has 5 aromatic heterocycles. The highest BCUT2D eigenvalue weighted by Crippen LogP contribution is 2.47. The van der Waals surface area contributed by atoms with E-state index in [1.807, 2.05) is 176 Å². The largest absolute Gasteiger partial charge is 0.311 e. The zero-order valence-electron chi connectivity index (χ0n) is 66.7. The summed E-state index contributed by atoms with van der Waals surface area (Å²) in [6.07, 6.45) is 0. The monoisotopic (exact) mass is 1580 g/mol. The SMILES string of the molecule is c1ccc(-c2cc(-c3ccc(-n4c5ccc(-c6nc(-c7ccccc7)nc(-c7ccccc7)n6)cc5c5cc(-c6nc(-c7ccccc7)nc(-c7ccccc7)n6)ccc54)c(-c4nc(-c5ccccc5)nc(-c5cccc(-c6cccc(N7c8ccccc8B8c9ccccc9N(c9ccccc9)c9cccc7c98)c6)c5)n4)c3)nc(-c3ccccc3)n2)cc1. The second-order valence-corrected chi connectivity index (χ2v) is 30.9. The fourth-order valence-corrected chi connectivity index (χ4v) is 17.5. The van der Waals surface area contributed by atoms with Crippen LogP contribution in [0, 0.1) is 0 Å². The number of hydrogen-bond donors (Lipinski definition) is 0. The van der Waals surface area contributed by atoms with Crippen molar-refractivity contribution in [3.8, 4) is 153 Å². The third kappa shape index (κ3) is 13.2. The number of fused-ring (bicyclic) bond motifs is 7. The molecule has 21 aromatic rings. The molecule has 0 aliphatic carbocycles. The number of anilines is 6. The predicted molar refractivity (Wildman–Crippen MR) is 501 cm³/mol. The number of aromatic nitrogens is 12. The normalized spacial score (nSPS) is 12.0. The Kier molecular flexibility index (Phi) is 18.0. The van der Waals surface area contributed by atoms with Gasteiger partial charge in [-0.1, -0.05) is 309 Å². The van der Waals surface area contributed by atoms with E-state index in [1.54, 1.807) is 0 Å². The van der Waals surface area contributed by atoms with Gasteiger partial charge in [-0.15, -0.1) is 0 Å². The van der Waals surface area contributed by atoms with Crippen LogP contribution >= 0.6 is 0 Å². The lowest BCUT2D eigenvalue weighted by Gasteiger charge is -2.44. The molecule has 0 saturated heterocycles. The summed E-state index contributed by atoms with van der Waals surface area (Å²) in [5.74, 6) is 5.21. The van der Waals surface area contributed by atoms with Crippen molar-refractivity contribution >= 4 is 79.0 Å². The van der Waals surface area contributed by atoms with Crippen LogP contribution in [0.2, 0.25) is 0 Å². The van der Waals surface area contributed by atoms with Gasteiger partial charge in [-0.2, -0.15) is 0 Å². The zero-order valence-corrected chi connectivity index (χ0v) is 66.7. The summed E-state index contributed by atoms with van der Waals surface area (Å²) < 4.78 is 2.32. The maximum absolute atomic E-state index is 5.76. The van der Waals surface area contributed by atoms with E-state index < -0.39 is 0 Å². The topological polar surface area (TPSA) is 153 Å². The second-order valence-electron chi connectivity index (χ2n) is 30.9. The van der Waals surface area contributed by atoms with Crippen LogP contribution in [-0.2, 0) is 0 Å². The Morgan fingerprint density at radius 3 is 0.935 bits per heavy atom. The molecule has 2 aliphatic rings. The highest BCUT2D eigenvalue weighted by Gasteiger charge is 2.43. The van der Waals surface area contributed by atoms with Crippen LogP contribution in [0.1, 0.15) is 0 Å². The highest BCUT2D eigenvalue weighted by atomic mass is 15.2. The Hall–Kier alpha value is -16.9. The third-order valence-corrected chi connectivity index (χ3v) is 23.3. The van der Waals surface area contributed by atoms with Crippen molar-refractivity contribution in [2.75, 3.05) is 9.80 Å². The summed E-state index contributed by atoms with van der Waals surface area (Å²) in [4.78, 5) is 63.9. The lowest BCUT2D eigenvalue weighted by Crippen LogP contribution is -2.61. The molecule has 23 rings (SSSR count). The molecule has 0 N–H and O–H groups in total. The van der Waals surface area contributed by atoms with Crippen LogP contribution in [-0.4, -0.2) is 66.1 Å². The van der Waals surface area contributed by atoms with Crippen LogP contribution in [0.5, 0.6) is 0 Å².